The second kappa shape index (κ2) is 8.37. The summed E-state index contributed by atoms with van der Waals surface area (Å²) in [6.07, 6.45) is 1.78. The van der Waals surface area contributed by atoms with Gasteiger partial charge in [-0.25, -0.2) is 0 Å². The zero-order chi connectivity index (χ0) is 14.1. The maximum absolute atomic E-state index is 10.3. The van der Waals surface area contributed by atoms with Gasteiger partial charge in [0.2, 0.25) is 0 Å². The van der Waals surface area contributed by atoms with E-state index in [1.165, 1.54) is 0 Å². The first-order chi connectivity index (χ1) is 9.17. The lowest BCUT2D eigenvalue weighted by atomic mass is 10.2. The monoisotopic (exact) mass is 267 g/mol. The van der Waals surface area contributed by atoms with Crippen molar-refractivity contribution < 1.29 is 19.4 Å². The van der Waals surface area contributed by atoms with Crippen LogP contribution in [0.4, 0.5) is 0 Å². The number of carbonyl (C=O) groups is 1. The Labute approximate surface area is 113 Å². The van der Waals surface area contributed by atoms with E-state index in [9.17, 15) is 4.79 Å². The standard InChI is InChI=1S/C14H21NO4/c1-18-12-7-6-11(13(9-12)19-2)10-15-8-4-3-5-14(16)17/h6-7,9,15H,3-5,8,10H2,1-2H3,(H,16,17). The van der Waals surface area contributed by atoms with Crippen LogP contribution in [0.5, 0.6) is 11.5 Å². The van der Waals surface area contributed by atoms with Crippen LogP contribution in [-0.2, 0) is 11.3 Å². The van der Waals surface area contributed by atoms with Gasteiger partial charge >= 0.3 is 5.97 Å². The Morgan fingerprint density at radius 1 is 1.26 bits per heavy atom. The maximum atomic E-state index is 10.3. The SMILES string of the molecule is COc1ccc(CNCCCCC(=O)O)c(OC)c1. The summed E-state index contributed by atoms with van der Waals surface area (Å²) in [6.45, 7) is 1.49. The first kappa shape index (κ1) is 15.3. The summed E-state index contributed by atoms with van der Waals surface area (Å²) < 4.78 is 10.4. The average molecular weight is 267 g/mol. The van der Waals surface area contributed by atoms with Crippen molar-refractivity contribution in [3.05, 3.63) is 23.8 Å². The molecule has 5 nitrogen and oxygen atoms in total. The third kappa shape index (κ3) is 5.61. The second-order valence-corrected chi connectivity index (χ2v) is 4.21. The Morgan fingerprint density at radius 3 is 2.68 bits per heavy atom. The number of carboxylic acid groups (broad SMARTS) is 1. The minimum absolute atomic E-state index is 0.230. The normalized spacial score (nSPS) is 10.2. The lowest BCUT2D eigenvalue weighted by molar-refractivity contribution is -0.137. The van der Waals surface area contributed by atoms with E-state index in [2.05, 4.69) is 5.32 Å². The van der Waals surface area contributed by atoms with E-state index in [1.807, 2.05) is 18.2 Å². The van der Waals surface area contributed by atoms with Crippen molar-refractivity contribution in [2.24, 2.45) is 0 Å². The summed E-state index contributed by atoms with van der Waals surface area (Å²) >= 11 is 0. The zero-order valence-electron chi connectivity index (χ0n) is 11.4. The Balaban J connectivity index is 2.34. The molecule has 0 saturated heterocycles. The number of benzene rings is 1. The molecule has 1 rings (SSSR count). The van der Waals surface area contributed by atoms with Crippen LogP contribution in [0.2, 0.25) is 0 Å². The highest BCUT2D eigenvalue weighted by molar-refractivity contribution is 5.66. The van der Waals surface area contributed by atoms with Crippen LogP contribution in [0.1, 0.15) is 24.8 Å². The number of aliphatic carboxylic acids is 1. The number of ether oxygens (including phenoxy) is 2. The van der Waals surface area contributed by atoms with Crippen molar-refractivity contribution in [1.29, 1.82) is 0 Å². The Hall–Kier alpha value is -1.75. The predicted octanol–water partition coefficient (Wildman–Crippen LogP) is 2.05. The molecule has 0 aliphatic rings. The van der Waals surface area contributed by atoms with E-state index in [0.717, 1.165) is 30.0 Å². The lowest BCUT2D eigenvalue weighted by Crippen LogP contribution is -2.15. The van der Waals surface area contributed by atoms with E-state index in [1.54, 1.807) is 14.2 Å². The molecule has 0 amide bonds. The molecule has 0 aliphatic carbocycles. The molecule has 0 atom stereocenters. The molecule has 0 aromatic heterocycles. The predicted molar refractivity (Wildman–Crippen MR) is 72.7 cm³/mol. The Bertz CT molecular complexity index is 406. The van der Waals surface area contributed by atoms with Gasteiger partial charge in [0.05, 0.1) is 14.2 Å². The second-order valence-electron chi connectivity index (χ2n) is 4.21. The van der Waals surface area contributed by atoms with Crippen LogP contribution in [0, 0.1) is 0 Å². The zero-order valence-corrected chi connectivity index (χ0v) is 11.4. The third-order valence-electron chi connectivity index (χ3n) is 2.80. The molecular formula is C14H21NO4. The first-order valence-corrected chi connectivity index (χ1v) is 6.30. The molecule has 106 valence electrons. The van der Waals surface area contributed by atoms with Gasteiger partial charge in [0.15, 0.2) is 0 Å². The van der Waals surface area contributed by atoms with E-state index in [-0.39, 0.29) is 6.42 Å². The molecule has 2 N–H and O–H groups in total. The van der Waals surface area contributed by atoms with Crippen molar-refractivity contribution in [2.45, 2.75) is 25.8 Å². The first-order valence-electron chi connectivity index (χ1n) is 6.30. The molecule has 0 heterocycles. The van der Waals surface area contributed by atoms with Gasteiger partial charge in [0, 0.05) is 24.6 Å². The van der Waals surface area contributed by atoms with Crippen molar-refractivity contribution in [3.63, 3.8) is 0 Å². The Morgan fingerprint density at radius 2 is 2.05 bits per heavy atom. The quantitative estimate of drug-likeness (QED) is 0.670. The molecule has 5 heteroatoms. The minimum Gasteiger partial charge on any atom is -0.497 e. The van der Waals surface area contributed by atoms with Crippen molar-refractivity contribution >= 4 is 5.97 Å². The van der Waals surface area contributed by atoms with E-state index >= 15 is 0 Å². The summed E-state index contributed by atoms with van der Waals surface area (Å²) in [5.74, 6) is 0.816. The van der Waals surface area contributed by atoms with E-state index < -0.39 is 5.97 Å². The van der Waals surface area contributed by atoms with Crippen LogP contribution in [0.15, 0.2) is 18.2 Å². The number of hydrogen-bond donors (Lipinski definition) is 2. The van der Waals surface area contributed by atoms with Gasteiger partial charge in [-0.1, -0.05) is 6.07 Å². The minimum atomic E-state index is -0.739. The summed E-state index contributed by atoms with van der Waals surface area (Å²) in [4.78, 5) is 10.3. The fourth-order valence-electron chi connectivity index (χ4n) is 1.75. The molecule has 0 spiro atoms. The Kier molecular flexibility index (Phi) is 6.74. The van der Waals surface area contributed by atoms with Crippen LogP contribution >= 0.6 is 0 Å². The number of methoxy groups -OCH3 is 2. The molecule has 0 aliphatic heterocycles. The third-order valence-corrected chi connectivity index (χ3v) is 2.80. The number of unbranched alkanes of at least 4 members (excludes halogenated alkanes) is 1. The smallest absolute Gasteiger partial charge is 0.303 e. The molecular weight excluding hydrogens is 246 g/mol. The van der Waals surface area contributed by atoms with Gasteiger partial charge in [0.25, 0.3) is 0 Å². The molecule has 19 heavy (non-hydrogen) atoms. The summed E-state index contributed by atoms with van der Waals surface area (Å²) in [5, 5.41) is 11.8. The maximum Gasteiger partial charge on any atom is 0.303 e. The highest BCUT2D eigenvalue weighted by Gasteiger charge is 2.04. The molecule has 1 aromatic carbocycles. The summed E-state index contributed by atoms with van der Waals surface area (Å²) in [5.41, 5.74) is 1.06. The lowest BCUT2D eigenvalue weighted by Gasteiger charge is -2.11. The van der Waals surface area contributed by atoms with Crippen LogP contribution < -0.4 is 14.8 Å². The molecule has 0 saturated carbocycles. The van der Waals surface area contributed by atoms with Crippen molar-refractivity contribution in [1.82, 2.24) is 5.32 Å². The van der Waals surface area contributed by atoms with E-state index in [0.29, 0.717) is 13.0 Å². The van der Waals surface area contributed by atoms with Crippen LogP contribution in [-0.4, -0.2) is 31.8 Å². The summed E-state index contributed by atoms with van der Waals surface area (Å²) in [7, 11) is 3.25. The number of carboxylic acids is 1. The fourth-order valence-corrected chi connectivity index (χ4v) is 1.75. The van der Waals surface area contributed by atoms with Crippen LogP contribution in [0.3, 0.4) is 0 Å². The van der Waals surface area contributed by atoms with Gasteiger partial charge in [0.1, 0.15) is 11.5 Å². The molecule has 0 fully saturated rings. The van der Waals surface area contributed by atoms with E-state index in [4.69, 9.17) is 14.6 Å². The average Bonchev–Trinajstić information content (AvgIpc) is 2.42. The molecule has 0 radical (unpaired) electrons. The van der Waals surface area contributed by atoms with Gasteiger partial charge in [-0.3, -0.25) is 4.79 Å². The van der Waals surface area contributed by atoms with Gasteiger partial charge < -0.3 is 19.9 Å². The topological polar surface area (TPSA) is 67.8 Å². The number of hydrogen-bond acceptors (Lipinski definition) is 4. The summed E-state index contributed by atoms with van der Waals surface area (Å²) in [6, 6.07) is 5.70. The number of nitrogens with one attached hydrogen (secondary N) is 1. The highest BCUT2D eigenvalue weighted by atomic mass is 16.5. The molecule has 0 unspecified atom stereocenters. The van der Waals surface area contributed by atoms with Crippen LogP contribution in [0.25, 0.3) is 0 Å². The molecule has 1 aromatic rings. The van der Waals surface area contributed by atoms with Gasteiger partial charge in [-0.2, -0.15) is 0 Å². The van der Waals surface area contributed by atoms with Gasteiger partial charge in [-0.05, 0) is 25.5 Å². The molecule has 0 bridgehead atoms. The van der Waals surface area contributed by atoms with Crippen molar-refractivity contribution in [2.75, 3.05) is 20.8 Å². The van der Waals surface area contributed by atoms with Gasteiger partial charge in [-0.15, -0.1) is 0 Å². The fraction of sp³-hybridized carbons (Fsp3) is 0.500. The highest BCUT2D eigenvalue weighted by Crippen LogP contribution is 2.24. The number of rotatable bonds is 9. The van der Waals surface area contributed by atoms with Crippen molar-refractivity contribution in [3.8, 4) is 11.5 Å². The largest absolute Gasteiger partial charge is 0.497 e.